The fraction of sp³-hybridized carbons (Fsp3) is 0.448. The van der Waals surface area contributed by atoms with Crippen molar-refractivity contribution in [1.82, 2.24) is 4.57 Å². The Morgan fingerprint density at radius 3 is 2.39 bits per heavy atom. The van der Waals surface area contributed by atoms with Gasteiger partial charge in [-0.05, 0) is 85.0 Å². The van der Waals surface area contributed by atoms with Gasteiger partial charge in [-0.2, -0.15) is 0 Å². The summed E-state index contributed by atoms with van der Waals surface area (Å²) in [4.78, 5) is 0. The van der Waals surface area contributed by atoms with Gasteiger partial charge >= 0.3 is 0 Å². The van der Waals surface area contributed by atoms with Crippen molar-refractivity contribution in [2.24, 2.45) is 18.4 Å². The van der Waals surface area contributed by atoms with Gasteiger partial charge in [-0.3, -0.25) is 0 Å². The molecule has 1 unspecified atom stereocenters. The van der Waals surface area contributed by atoms with Crippen LogP contribution in [-0.2, 0) is 13.5 Å². The monoisotopic (exact) mass is 445 g/mol. The molecule has 1 aromatic heterocycles. The first kappa shape index (κ1) is 21.9. The second-order valence-electron chi connectivity index (χ2n) is 10.6. The Balaban J connectivity index is 1.52. The van der Waals surface area contributed by atoms with Gasteiger partial charge in [0.15, 0.2) is 11.5 Å². The quantitative estimate of drug-likeness (QED) is 0.410. The maximum Gasteiger partial charge on any atom is 0.165 e. The summed E-state index contributed by atoms with van der Waals surface area (Å²) in [7, 11) is 5.52. The van der Waals surface area contributed by atoms with Crippen LogP contribution in [0.2, 0.25) is 0 Å². The van der Waals surface area contributed by atoms with E-state index >= 15 is 0 Å². The standard InChI is InChI=1S/C29H35NO3/c1-28(2)11-7-12-29(3)26(28)18-21-14-19(17-25(32-6)27(21)33-29)8-9-20-15-23-22(10-13-30(23)4)24(16-20)31-5/h8-10,13-17,26H,7,11-12,18H2,1-6H3/b9-8+/t26?,29-/m1/s1. The van der Waals surface area contributed by atoms with E-state index in [1.807, 2.05) is 0 Å². The minimum atomic E-state index is -0.125. The summed E-state index contributed by atoms with van der Waals surface area (Å²) in [5, 5.41) is 1.13. The van der Waals surface area contributed by atoms with E-state index < -0.39 is 0 Å². The molecule has 2 aliphatic rings. The van der Waals surface area contributed by atoms with E-state index in [-0.39, 0.29) is 11.0 Å². The number of hydrogen-bond donors (Lipinski definition) is 0. The van der Waals surface area contributed by atoms with Crippen LogP contribution in [0, 0.1) is 11.3 Å². The van der Waals surface area contributed by atoms with E-state index in [4.69, 9.17) is 14.2 Å². The van der Waals surface area contributed by atoms with Crippen LogP contribution in [-0.4, -0.2) is 24.4 Å². The lowest BCUT2D eigenvalue weighted by molar-refractivity contribution is -0.0827. The van der Waals surface area contributed by atoms with Gasteiger partial charge in [0, 0.05) is 24.5 Å². The lowest BCUT2D eigenvalue weighted by Crippen LogP contribution is -2.54. The van der Waals surface area contributed by atoms with Gasteiger partial charge < -0.3 is 18.8 Å². The van der Waals surface area contributed by atoms with Crippen molar-refractivity contribution in [2.75, 3.05) is 14.2 Å². The topological polar surface area (TPSA) is 32.6 Å². The Hall–Kier alpha value is -2.88. The molecule has 2 heterocycles. The predicted molar refractivity (Wildman–Crippen MR) is 135 cm³/mol. The normalized spacial score (nSPS) is 23.8. The van der Waals surface area contributed by atoms with Crippen LogP contribution >= 0.6 is 0 Å². The minimum Gasteiger partial charge on any atom is -0.496 e. The first-order valence-corrected chi connectivity index (χ1v) is 12.0. The second kappa shape index (κ2) is 7.86. The van der Waals surface area contributed by atoms with Crippen molar-refractivity contribution >= 4 is 23.1 Å². The summed E-state index contributed by atoms with van der Waals surface area (Å²) in [6.45, 7) is 7.09. The van der Waals surface area contributed by atoms with Crippen LogP contribution < -0.4 is 14.2 Å². The fourth-order valence-electron chi connectivity index (χ4n) is 6.15. The molecule has 2 atom stereocenters. The fourth-order valence-corrected chi connectivity index (χ4v) is 6.15. The number of rotatable bonds is 4. The zero-order chi connectivity index (χ0) is 23.4. The number of hydrogen-bond acceptors (Lipinski definition) is 3. The molecular weight excluding hydrogens is 410 g/mol. The van der Waals surface area contributed by atoms with Crippen LogP contribution in [0.25, 0.3) is 23.1 Å². The Morgan fingerprint density at radius 1 is 0.970 bits per heavy atom. The summed E-state index contributed by atoms with van der Waals surface area (Å²) in [5.41, 5.74) is 4.78. The van der Waals surface area contributed by atoms with Gasteiger partial charge in [-0.15, -0.1) is 0 Å². The lowest BCUT2D eigenvalue weighted by atomic mass is 9.59. The second-order valence-corrected chi connectivity index (χ2v) is 10.6. The molecule has 4 nitrogen and oxygen atoms in total. The van der Waals surface area contributed by atoms with E-state index in [2.05, 4.69) is 81.1 Å². The van der Waals surface area contributed by atoms with Gasteiger partial charge in [0.2, 0.25) is 0 Å². The molecule has 4 heteroatoms. The lowest BCUT2D eigenvalue weighted by Gasteiger charge is -2.53. The zero-order valence-electron chi connectivity index (χ0n) is 20.7. The molecule has 2 aromatic carbocycles. The molecular formula is C29H35NO3. The van der Waals surface area contributed by atoms with Crippen LogP contribution in [0.15, 0.2) is 36.5 Å². The predicted octanol–water partition coefficient (Wildman–Crippen LogP) is 6.89. The van der Waals surface area contributed by atoms with E-state index in [0.717, 1.165) is 52.1 Å². The number of nitrogens with zero attached hydrogens (tertiary/aromatic N) is 1. The summed E-state index contributed by atoms with van der Waals surface area (Å²) < 4.78 is 20.3. The molecule has 0 spiro atoms. The summed E-state index contributed by atoms with van der Waals surface area (Å²) in [6.07, 6.45) is 11.0. The molecule has 1 fully saturated rings. The van der Waals surface area contributed by atoms with Gasteiger partial charge in [0.25, 0.3) is 0 Å². The SMILES string of the molecule is COc1cc(/C=C/c2cc(OC)c3ccn(C)c3c2)cc2c1O[C@]1(C)CCCC(C)(C)C1C2. The average Bonchev–Trinajstić information content (AvgIpc) is 3.16. The highest BCUT2D eigenvalue weighted by molar-refractivity contribution is 5.90. The minimum absolute atomic E-state index is 0.125. The molecule has 1 aliphatic carbocycles. The van der Waals surface area contributed by atoms with Crippen LogP contribution in [0.4, 0.5) is 0 Å². The van der Waals surface area contributed by atoms with Crippen molar-refractivity contribution in [2.45, 2.75) is 52.1 Å². The van der Waals surface area contributed by atoms with Crippen molar-refractivity contribution in [1.29, 1.82) is 0 Å². The van der Waals surface area contributed by atoms with Gasteiger partial charge in [-0.25, -0.2) is 0 Å². The van der Waals surface area contributed by atoms with Gasteiger partial charge in [0.1, 0.15) is 11.4 Å². The van der Waals surface area contributed by atoms with Gasteiger partial charge in [0.05, 0.1) is 19.7 Å². The smallest absolute Gasteiger partial charge is 0.165 e. The number of aromatic nitrogens is 1. The van der Waals surface area contributed by atoms with E-state index in [0.29, 0.717) is 5.92 Å². The summed E-state index contributed by atoms with van der Waals surface area (Å²) in [5.74, 6) is 3.14. The molecule has 0 amide bonds. The number of benzene rings is 2. The Morgan fingerprint density at radius 2 is 1.67 bits per heavy atom. The highest BCUT2D eigenvalue weighted by Crippen LogP contribution is 2.54. The van der Waals surface area contributed by atoms with Crippen LogP contribution in [0.3, 0.4) is 0 Å². The molecule has 3 aromatic rings. The molecule has 1 aliphatic heterocycles. The van der Waals surface area contributed by atoms with Crippen LogP contribution in [0.5, 0.6) is 17.2 Å². The summed E-state index contributed by atoms with van der Waals surface area (Å²) in [6, 6.07) is 10.7. The molecule has 5 rings (SSSR count). The van der Waals surface area contributed by atoms with Crippen molar-refractivity contribution in [3.63, 3.8) is 0 Å². The maximum atomic E-state index is 6.71. The number of ether oxygens (including phenoxy) is 3. The molecule has 1 saturated carbocycles. The third kappa shape index (κ3) is 3.70. The Kier molecular flexibility index (Phi) is 5.23. The van der Waals surface area contributed by atoms with Crippen molar-refractivity contribution in [3.05, 3.63) is 53.2 Å². The molecule has 0 saturated heterocycles. The van der Waals surface area contributed by atoms with Crippen molar-refractivity contribution in [3.8, 4) is 17.2 Å². The first-order chi connectivity index (χ1) is 15.7. The number of methoxy groups -OCH3 is 2. The third-order valence-electron chi connectivity index (χ3n) is 7.98. The summed E-state index contributed by atoms with van der Waals surface area (Å²) >= 11 is 0. The van der Waals surface area contributed by atoms with E-state index in [1.165, 1.54) is 18.4 Å². The number of aryl methyl sites for hydroxylation is 1. The van der Waals surface area contributed by atoms with Crippen LogP contribution in [0.1, 0.15) is 56.7 Å². The maximum absolute atomic E-state index is 6.71. The van der Waals surface area contributed by atoms with E-state index in [1.54, 1.807) is 14.2 Å². The van der Waals surface area contributed by atoms with E-state index in [9.17, 15) is 0 Å². The highest BCUT2D eigenvalue weighted by atomic mass is 16.5. The molecule has 0 bridgehead atoms. The molecule has 174 valence electrons. The zero-order valence-corrected chi connectivity index (χ0v) is 20.7. The Labute approximate surface area is 197 Å². The molecule has 0 N–H and O–H groups in total. The van der Waals surface area contributed by atoms with Gasteiger partial charge in [-0.1, -0.05) is 26.0 Å². The number of fused-ring (bicyclic) bond motifs is 3. The van der Waals surface area contributed by atoms with Crippen molar-refractivity contribution < 1.29 is 14.2 Å². The molecule has 33 heavy (non-hydrogen) atoms. The third-order valence-corrected chi connectivity index (χ3v) is 7.98. The molecule has 0 radical (unpaired) electrons. The first-order valence-electron chi connectivity index (χ1n) is 12.0. The average molecular weight is 446 g/mol. The largest absolute Gasteiger partial charge is 0.496 e. The Bertz CT molecular complexity index is 1240. The highest BCUT2D eigenvalue weighted by Gasteiger charge is 2.51.